The third kappa shape index (κ3) is 1.53. The third-order valence-corrected chi connectivity index (χ3v) is 2.59. The van der Waals surface area contributed by atoms with E-state index >= 15 is 0 Å². The number of rotatable bonds is 3. The van der Waals surface area contributed by atoms with Gasteiger partial charge < -0.3 is 10.7 Å². The molecule has 0 aliphatic heterocycles. The summed E-state index contributed by atoms with van der Waals surface area (Å²) in [4.78, 5) is 3.44. The zero-order valence-electron chi connectivity index (χ0n) is 8.51. The predicted octanol–water partition coefficient (Wildman–Crippen LogP) is 2.23. The first-order valence-electron chi connectivity index (χ1n) is 5.14. The Morgan fingerprint density at radius 1 is 1.36 bits per heavy atom. The van der Waals surface area contributed by atoms with Gasteiger partial charge in [-0.25, -0.2) is 0 Å². The first kappa shape index (κ1) is 9.28. The van der Waals surface area contributed by atoms with Crippen LogP contribution in [0.25, 0.3) is 10.9 Å². The van der Waals surface area contributed by atoms with Crippen LogP contribution in [0.3, 0.4) is 0 Å². The zero-order chi connectivity index (χ0) is 9.97. The van der Waals surface area contributed by atoms with Gasteiger partial charge in [-0.2, -0.15) is 0 Å². The van der Waals surface area contributed by atoms with Crippen LogP contribution >= 0.6 is 0 Å². The average molecular weight is 188 g/mol. The molecule has 0 bridgehead atoms. The lowest BCUT2D eigenvalue weighted by Crippen LogP contribution is -2.02. The number of benzene rings is 1. The Bertz CT molecular complexity index is 429. The monoisotopic (exact) mass is 188 g/mol. The van der Waals surface area contributed by atoms with Gasteiger partial charge in [0.15, 0.2) is 0 Å². The van der Waals surface area contributed by atoms with Crippen LogP contribution in [0.5, 0.6) is 0 Å². The van der Waals surface area contributed by atoms with Crippen molar-refractivity contribution in [3.05, 3.63) is 35.5 Å². The average Bonchev–Trinajstić information content (AvgIpc) is 2.60. The summed E-state index contributed by atoms with van der Waals surface area (Å²) in [5, 5.41) is 1.30. The molecule has 2 heteroatoms. The number of fused-ring (bicyclic) bond motifs is 1. The van der Waals surface area contributed by atoms with Crippen molar-refractivity contribution < 1.29 is 0 Å². The summed E-state index contributed by atoms with van der Waals surface area (Å²) >= 11 is 0. The summed E-state index contributed by atoms with van der Waals surface area (Å²) in [6.45, 7) is 2.88. The van der Waals surface area contributed by atoms with E-state index in [1.165, 1.54) is 22.2 Å². The first-order valence-corrected chi connectivity index (χ1v) is 5.14. The molecule has 0 unspecified atom stereocenters. The second-order valence-electron chi connectivity index (χ2n) is 3.57. The Balaban J connectivity index is 2.52. The molecule has 2 aromatic rings. The van der Waals surface area contributed by atoms with Crippen molar-refractivity contribution in [1.29, 1.82) is 0 Å². The molecule has 0 saturated heterocycles. The molecule has 0 aliphatic rings. The largest absolute Gasteiger partial charge is 0.358 e. The molecule has 74 valence electrons. The molecule has 2 nitrogen and oxygen atoms in total. The Hall–Kier alpha value is -1.28. The predicted molar refractivity (Wildman–Crippen MR) is 60.4 cm³/mol. The van der Waals surface area contributed by atoms with E-state index in [9.17, 15) is 0 Å². The zero-order valence-corrected chi connectivity index (χ0v) is 8.51. The minimum Gasteiger partial charge on any atom is -0.358 e. The number of hydrogen-bond acceptors (Lipinski definition) is 1. The summed E-state index contributed by atoms with van der Waals surface area (Å²) in [7, 11) is 0. The molecule has 1 heterocycles. The van der Waals surface area contributed by atoms with Crippen molar-refractivity contribution in [1.82, 2.24) is 4.98 Å². The number of para-hydroxylation sites is 1. The van der Waals surface area contributed by atoms with Gasteiger partial charge in [-0.05, 0) is 36.4 Å². The SMILES string of the molecule is CCc1cccc2cc(CCN)[nH]c12. The topological polar surface area (TPSA) is 41.8 Å². The molecule has 0 saturated carbocycles. The van der Waals surface area contributed by atoms with E-state index in [2.05, 4.69) is 36.2 Å². The molecule has 3 N–H and O–H groups in total. The molecular formula is C12H16N2. The Morgan fingerprint density at radius 3 is 2.93 bits per heavy atom. The number of nitrogens with one attached hydrogen (secondary N) is 1. The number of aryl methyl sites for hydroxylation is 1. The second-order valence-corrected chi connectivity index (χ2v) is 3.57. The lowest BCUT2D eigenvalue weighted by Gasteiger charge is -1.97. The van der Waals surface area contributed by atoms with Gasteiger partial charge in [0.05, 0.1) is 0 Å². The van der Waals surface area contributed by atoms with E-state index in [-0.39, 0.29) is 0 Å². The van der Waals surface area contributed by atoms with E-state index in [4.69, 9.17) is 5.73 Å². The van der Waals surface area contributed by atoms with Gasteiger partial charge in [-0.1, -0.05) is 25.1 Å². The highest BCUT2D eigenvalue weighted by Crippen LogP contribution is 2.19. The van der Waals surface area contributed by atoms with Crippen LogP contribution in [0.1, 0.15) is 18.2 Å². The molecule has 1 aromatic heterocycles. The van der Waals surface area contributed by atoms with Gasteiger partial charge in [0.25, 0.3) is 0 Å². The van der Waals surface area contributed by atoms with Gasteiger partial charge in [0.1, 0.15) is 0 Å². The van der Waals surface area contributed by atoms with Crippen LogP contribution < -0.4 is 5.73 Å². The van der Waals surface area contributed by atoms with Gasteiger partial charge in [0, 0.05) is 11.2 Å². The first-order chi connectivity index (χ1) is 6.85. The molecule has 0 radical (unpaired) electrons. The molecule has 0 fully saturated rings. The molecule has 0 aliphatic carbocycles. The number of aromatic amines is 1. The molecule has 0 spiro atoms. The number of aromatic nitrogens is 1. The summed E-state index contributed by atoms with van der Waals surface area (Å²) in [5.74, 6) is 0. The number of nitrogens with two attached hydrogens (primary N) is 1. The lowest BCUT2D eigenvalue weighted by molar-refractivity contribution is 0.938. The van der Waals surface area contributed by atoms with Gasteiger partial charge in [-0.3, -0.25) is 0 Å². The van der Waals surface area contributed by atoms with Crippen molar-refractivity contribution in [2.24, 2.45) is 5.73 Å². The van der Waals surface area contributed by atoms with E-state index in [0.29, 0.717) is 6.54 Å². The van der Waals surface area contributed by atoms with Crippen molar-refractivity contribution >= 4 is 10.9 Å². The fourth-order valence-electron chi connectivity index (χ4n) is 1.86. The van der Waals surface area contributed by atoms with Crippen LogP contribution in [0, 0.1) is 0 Å². The molecule has 1 aromatic carbocycles. The third-order valence-electron chi connectivity index (χ3n) is 2.59. The van der Waals surface area contributed by atoms with Crippen LogP contribution in [0.4, 0.5) is 0 Å². The van der Waals surface area contributed by atoms with Gasteiger partial charge in [0.2, 0.25) is 0 Å². The molecular weight excluding hydrogens is 172 g/mol. The van der Waals surface area contributed by atoms with Crippen molar-refractivity contribution in [3.63, 3.8) is 0 Å². The fraction of sp³-hybridized carbons (Fsp3) is 0.333. The molecule has 0 amide bonds. The smallest absolute Gasteiger partial charge is 0.0488 e. The highest BCUT2D eigenvalue weighted by Gasteiger charge is 2.02. The van der Waals surface area contributed by atoms with Crippen LogP contribution in [0.2, 0.25) is 0 Å². The van der Waals surface area contributed by atoms with E-state index < -0.39 is 0 Å². The molecule has 14 heavy (non-hydrogen) atoms. The lowest BCUT2D eigenvalue weighted by atomic mass is 10.1. The van der Waals surface area contributed by atoms with Gasteiger partial charge in [-0.15, -0.1) is 0 Å². The standard InChI is InChI=1S/C12H16N2/c1-2-9-4-3-5-10-8-11(6-7-13)14-12(9)10/h3-5,8,14H,2,6-7,13H2,1H3. The maximum absolute atomic E-state index is 5.53. The summed E-state index contributed by atoms with van der Waals surface area (Å²) in [5.41, 5.74) is 9.43. The molecule has 0 atom stereocenters. The van der Waals surface area contributed by atoms with E-state index in [0.717, 1.165) is 12.8 Å². The van der Waals surface area contributed by atoms with Gasteiger partial charge >= 0.3 is 0 Å². The number of H-pyrrole nitrogens is 1. The van der Waals surface area contributed by atoms with Crippen LogP contribution in [0.15, 0.2) is 24.3 Å². The quantitative estimate of drug-likeness (QED) is 0.762. The second kappa shape index (κ2) is 3.84. The minimum atomic E-state index is 0.703. The normalized spacial score (nSPS) is 11.0. The van der Waals surface area contributed by atoms with Crippen LogP contribution in [-0.4, -0.2) is 11.5 Å². The van der Waals surface area contributed by atoms with E-state index in [1.807, 2.05) is 0 Å². The number of hydrogen-bond donors (Lipinski definition) is 2. The minimum absolute atomic E-state index is 0.703. The molecule has 2 rings (SSSR count). The van der Waals surface area contributed by atoms with Crippen LogP contribution in [-0.2, 0) is 12.8 Å². The Morgan fingerprint density at radius 2 is 2.21 bits per heavy atom. The highest BCUT2D eigenvalue weighted by molar-refractivity contribution is 5.83. The summed E-state index contributed by atoms with van der Waals surface area (Å²) in [6.07, 6.45) is 2.00. The summed E-state index contributed by atoms with van der Waals surface area (Å²) < 4.78 is 0. The maximum Gasteiger partial charge on any atom is 0.0488 e. The van der Waals surface area contributed by atoms with E-state index in [1.54, 1.807) is 0 Å². The Kier molecular flexibility index (Phi) is 2.55. The Labute approximate surface area is 84.1 Å². The maximum atomic E-state index is 5.53. The van der Waals surface area contributed by atoms with Crippen molar-refractivity contribution in [2.45, 2.75) is 19.8 Å². The van der Waals surface area contributed by atoms with Crippen molar-refractivity contribution in [3.8, 4) is 0 Å². The van der Waals surface area contributed by atoms with Crippen molar-refractivity contribution in [2.75, 3.05) is 6.54 Å². The highest BCUT2D eigenvalue weighted by atomic mass is 14.7. The summed E-state index contributed by atoms with van der Waals surface area (Å²) in [6, 6.07) is 8.62. The fourth-order valence-corrected chi connectivity index (χ4v) is 1.86.